The van der Waals surface area contributed by atoms with Gasteiger partial charge in [0.25, 0.3) is 0 Å². The second-order valence-corrected chi connectivity index (χ2v) is 11.5. The number of aromatic hydroxyl groups is 2. The Bertz CT molecular complexity index is 1050. The standard InChI is InChI=1S/C33H48O8/c1-3-22(34)11-9-13-25-21-26(40-33(39-25)29-16-6-8-18-31(29)37)14-10-12-23(35)19-27-20-24(4-2)38-32(41-27)28-15-5-7-17-30(28)36/h5-8,15-18,22-27,32-37H,3-4,9-14,19-21H2,1-2H3. The molecule has 2 aromatic carbocycles. The van der Waals surface area contributed by atoms with Gasteiger partial charge in [-0.1, -0.05) is 50.2 Å². The second-order valence-electron chi connectivity index (χ2n) is 11.5. The summed E-state index contributed by atoms with van der Waals surface area (Å²) in [6.45, 7) is 4.05. The number of rotatable bonds is 14. The van der Waals surface area contributed by atoms with E-state index < -0.39 is 18.7 Å². The van der Waals surface area contributed by atoms with Crippen LogP contribution in [0.2, 0.25) is 0 Å². The van der Waals surface area contributed by atoms with Crippen LogP contribution >= 0.6 is 0 Å². The average Bonchev–Trinajstić information content (AvgIpc) is 2.97. The van der Waals surface area contributed by atoms with E-state index in [9.17, 15) is 20.4 Å². The molecule has 0 spiro atoms. The van der Waals surface area contributed by atoms with Gasteiger partial charge in [0, 0.05) is 24.0 Å². The molecular formula is C33H48O8. The Balaban J connectivity index is 1.29. The maximum Gasteiger partial charge on any atom is 0.188 e. The molecule has 8 atom stereocenters. The number of aliphatic hydroxyl groups excluding tert-OH is 2. The van der Waals surface area contributed by atoms with Gasteiger partial charge in [0.2, 0.25) is 0 Å². The third-order valence-electron chi connectivity index (χ3n) is 8.29. The van der Waals surface area contributed by atoms with Crippen LogP contribution in [-0.4, -0.2) is 57.0 Å². The lowest BCUT2D eigenvalue weighted by molar-refractivity contribution is -0.253. The van der Waals surface area contributed by atoms with Crippen LogP contribution in [0.15, 0.2) is 48.5 Å². The zero-order valence-corrected chi connectivity index (χ0v) is 24.4. The minimum absolute atomic E-state index is 0.00269. The number of phenolic OH excluding ortho intramolecular Hbond substituents is 2. The summed E-state index contributed by atoms with van der Waals surface area (Å²) in [6, 6.07) is 14.2. The minimum atomic E-state index is -0.649. The van der Waals surface area contributed by atoms with Gasteiger partial charge in [-0.2, -0.15) is 0 Å². The van der Waals surface area contributed by atoms with E-state index >= 15 is 0 Å². The van der Waals surface area contributed by atoms with Crippen molar-refractivity contribution in [2.75, 3.05) is 0 Å². The predicted octanol–water partition coefficient (Wildman–Crippen LogP) is 6.42. The van der Waals surface area contributed by atoms with Gasteiger partial charge in [0.15, 0.2) is 12.6 Å². The predicted molar refractivity (Wildman–Crippen MR) is 155 cm³/mol. The summed E-state index contributed by atoms with van der Waals surface area (Å²) < 4.78 is 24.8. The zero-order valence-electron chi connectivity index (χ0n) is 24.4. The monoisotopic (exact) mass is 572 g/mol. The number of para-hydroxylation sites is 2. The lowest BCUT2D eigenvalue weighted by Crippen LogP contribution is -2.36. The van der Waals surface area contributed by atoms with Gasteiger partial charge in [-0.05, 0) is 69.9 Å². The van der Waals surface area contributed by atoms with Crippen LogP contribution in [0.25, 0.3) is 0 Å². The molecule has 2 saturated heterocycles. The van der Waals surface area contributed by atoms with Gasteiger partial charge in [-0.25, -0.2) is 0 Å². The fraction of sp³-hybridized carbons (Fsp3) is 0.636. The Morgan fingerprint density at radius 2 is 1.12 bits per heavy atom. The molecule has 0 aliphatic carbocycles. The highest BCUT2D eigenvalue weighted by Gasteiger charge is 2.34. The Labute approximate surface area is 244 Å². The van der Waals surface area contributed by atoms with Crippen LogP contribution in [-0.2, 0) is 18.9 Å². The van der Waals surface area contributed by atoms with Crippen LogP contribution in [0.3, 0.4) is 0 Å². The summed E-state index contributed by atoms with van der Waals surface area (Å²) in [7, 11) is 0. The molecule has 41 heavy (non-hydrogen) atoms. The molecule has 8 heteroatoms. The number of ether oxygens (including phenoxy) is 4. The lowest BCUT2D eigenvalue weighted by atomic mass is 9.96. The first kappa shape index (κ1) is 31.7. The summed E-state index contributed by atoms with van der Waals surface area (Å²) in [5.74, 6) is 0.296. The highest BCUT2D eigenvalue weighted by Crippen LogP contribution is 2.38. The zero-order chi connectivity index (χ0) is 29.2. The molecule has 0 saturated carbocycles. The van der Waals surface area contributed by atoms with E-state index in [2.05, 4.69) is 6.92 Å². The molecule has 0 radical (unpaired) electrons. The Hall–Kier alpha value is -2.20. The van der Waals surface area contributed by atoms with Crippen LogP contribution in [0.1, 0.15) is 108 Å². The van der Waals surface area contributed by atoms with E-state index in [-0.39, 0.29) is 42.0 Å². The summed E-state index contributed by atoms with van der Waals surface area (Å²) in [5.41, 5.74) is 1.23. The van der Waals surface area contributed by atoms with Gasteiger partial charge in [0.05, 0.1) is 36.6 Å². The number of benzene rings is 2. The van der Waals surface area contributed by atoms with Gasteiger partial charge < -0.3 is 39.4 Å². The van der Waals surface area contributed by atoms with Crippen molar-refractivity contribution < 1.29 is 39.4 Å². The van der Waals surface area contributed by atoms with Gasteiger partial charge in [0.1, 0.15) is 11.5 Å². The third kappa shape index (κ3) is 9.40. The van der Waals surface area contributed by atoms with E-state index in [0.29, 0.717) is 30.4 Å². The first-order valence-corrected chi connectivity index (χ1v) is 15.4. The molecule has 2 aliphatic rings. The molecule has 4 rings (SSSR count). The fourth-order valence-electron chi connectivity index (χ4n) is 5.81. The molecule has 0 aromatic heterocycles. The van der Waals surface area contributed by atoms with Gasteiger partial charge in [-0.15, -0.1) is 0 Å². The number of hydrogen-bond acceptors (Lipinski definition) is 8. The van der Waals surface area contributed by atoms with Crippen LogP contribution in [0.5, 0.6) is 11.5 Å². The number of phenols is 2. The van der Waals surface area contributed by atoms with Crippen molar-refractivity contribution in [1.82, 2.24) is 0 Å². The lowest BCUT2D eigenvalue weighted by Gasteiger charge is -2.37. The maximum absolute atomic E-state index is 10.9. The van der Waals surface area contributed by atoms with Gasteiger partial charge >= 0.3 is 0 Å². The smallest absolute Gasteiger partial charge is 0.188 e. The Morgan fingerprint density at radius 3 is 1.63 bits per heavy atom. The van der Waals surface area contributed by atoms with Gasteiger partial charge in [-0.3, -0.25) is 0 Å². The molecule has 8 nitrogen and oxygen atoms in total. The Kier molecular flexibility index (Phi) is 12.3. The highest BCUT2D eigenvalue weighted by atomic mass is 16.7. The minimum Gasteiger partial charge on any atom is -0.507 e. The van der Waals surface area contributed by atoms with Crippen molar-refractivity contribution in [3.63, 3.8) is 0 Å². The van der Waals surface area contributed by atoms with Crippen molar-refractivity contribution in [1.29, 1.82) is 0 Å². The normalized spacial score (nSPS) is 28.3. The van der Waals surface area contributed by atoms with E-state index in [1.54, 1.807) is 30.3 Å². The van der Waals surface area contributed by atoms with Crippen molar-refractivity contribution in [3.8, 4) is 11.5 Å². The average molecular weight is 573 g/mol. The summed E-state index contributed by atoms with van der Waals surface area (Å²) in [5, 5.41) is 41.6. The molecule has 2 fully saturated rings. The van der Waals surface area contributed by atoms with Crippen LogP contribution in [0.4, 0.5) is 0 Å². The van der Waals surface area contributed by atoms with Crippen molar-refractivity contribution in [3.05, 3.63) is 59.7 Å². The molecule has 2 aromatic rings. The summed E-state index contributed by atoms with van der Waals surface area (Å²) in [6.07, 6.45) is 5.76. The van der Waals surface area contributed by atoms with Crippen molar-refractivity contribution >= 4 is 0 Å². The fourth-order valence-corrected chi connectivity index (χ4v) is 5.81. The molecule has 0 amide bonds. The van der Waals surface area contributed by atoms with E-state index in [1.165, 1.54) is 0 Å². The first-order chi connectivity index (χ1) is 19.9. The molecule has 2 aliphatic heterocycles. The van der Waals surface area contributed by atoms with E-state index in [0.717, 1.165) is 51.4 Å². The molecule has 2 heterocycles. The molecule has 0 bridgehead atoms. The van der Waals surface area contributed by atoms with Crippen molar-refractivity contribution in [2.24, 2.45) is 0 Å². The molecular weight excluding hydrogens is 524 g/mol. The third-order valence-corrected chi connectivity index (χ3v) is 8.29. The number of hydrogen-bond donors (Lipinski definition) is 4. The molecule has 4 N–H and O–H groups in total. The van der Waals surface area contributed by atoms with Crippen LogP contribution < -0.4 is 0 Å². The first-order valence-electron chi connectivity index (χ1n) is 15.4. The maximum atomic E-state index is 10.9. The largest absolute Gasteiger partial charge is 0.507 e. The van der Waals surface area contributed by atoms with E-state index in [1.807, 2.05) is 25.1 Å². The SMILES string of the molecule is CCC(O)CCCC1CC(CCCC(O)CC2CC(CC)OC(c3ccccc3O)O2)OC(c2ccccc2O)O1. The van der Waals surface area contributed by atoms with E-state index in [4.69, 9.17) is 18.9 Å². The topological polar surface area (TPSA) is 118 Å². The Morgan fingerprint density at radius 1 is 0.659 bits per heavy atom. The summed E-state index contributed by atoms with van der Waals surface area (Å²) in [4.78, 5) is 0. The van der Waals surface area contributed by atoms with Crippen molar-refractivity contribution in [2.45, 2.75) is 134 Å². The highest BCUT2D eigenvalue weighted by molar-refractivity contribution is 5.33. The quantitative estimate of drug-likeness (QED) is 0.205. The molecule has 8 unspecified atom stereocenters. The van der Waals surface area contributed by atoms with Crippen LogP contribution in [0, 0.1) is 0 Å². The second kappa shape index (κ2) is 15.9. The number of aliphatic hydroxyl groups is 2. The summed E-state index contributed by atoms with van der Waals surface area (Å²) >= 11 is 0. The molecule has 228 valence electrons.